The topological polar surface area (TPSA) is 73.9 Å². The number of carbonyl (C=O) groups excluding carboxylic acids is 1. The molecule has 23 heavy (non-hydrogen) atoms. The fourth-order valence-corrected chi connectivity index (χ4v) is 3.02. The van der Waals surface area contributed by atoms with Crippen LogP contribution in [0.25, 0.3) is 11.0 Å². The maximum absolute atomic E-state index is 12.7. The third-order valence-electron chi connectivity index (χ3n) is 4.15. The zero-order chi connectivity index (χ0) is 14.8. The SMILES string of the molecule is CNCC1CCCN(C(=O)c2cnc3n[nH]c(C)c3c2)C1.Cl.Cl. The average Bonchev–Trinajstić information content (AvgIpc) is 2.88. The van der Waals surface area contributed by atoms with Crippen molar-refractivity contribution < 1.29 is 4.79 Å². The van der Waals surface area contributed by atoms with E-state index in [0.29, 0.717) is 17.1 Å². The van der Waals surface area contributed by atoms with Crippen LogP contribution in [-0.4, -0.2) is 52.7 Å². The van der Waals surface area contributed by atoms with E-state index >= 15 is 0 Å². The molecule has 2 N–H and O–H groups in total. The van der Waals surface area contributed by atoms with E-state index in [0.717, 1.165) is 37.1 Å². The van der Waals surface area contributed by atoms with Crippen LogP contribution in [0.15, 0.2) is 12.3 Å². The second kappa shape index (κ2) is 8.47. The highest BCUT2D eigenvalue weighted by Gasteiger charge is 2.24. The summed E-state index contributed by atoms with van der Waals surface area (Å²) in [6.07, 6.45) is 3.88. The normalized spacial score (nSPS) is 17.5. The van der Waals surface area contributed by atoms with Crippen LogP contribution in [0.1, 0.15) is 28.9 Å². The number of aryl methyl sites for hydroxylation is 1. The van der Waals surface area contributed by atoms with Gasteiger partial charge in [0.25, 0.3) is 5.91 Å². The molecular formula is C15H23Cl2N5O. The lowest BCUT2D eigenvalue weighted by Crippen LogP contribution is -2.42. The molecule has 2 aromatic heterocycles. The van der Waals surface area contributed by atoms with Gasteiger partial charge in [-0.3, -0.25) is 9.89 Å². The molecule has 3 heterocycles. The molecule has 0 aliphatic carbocycles. The molecule has 128 valence electrons. The van der Waals surface area contributed by atoms with E-state index < -0.39 is 0 Å². The number of pyridine rings is 1. The number of H-pyrrole nitrogens is 1. The van der Waals surface area contributed by atoms with E-state index in [9.17, 15) is 4.79 Å². The minimum Gasteiger partial charge on any atom is -0.338 e. The van der Waals surface area contributed by atoms with Crippen molar-refractivity contribution in [2.75, 3.05) is 26.7 Å². The van der Waals surface area contributed by atoms with E-state index in [1.807, 2.05) is 24.9 Å². The van der Waals surface area contributed by atoms with Gasteiger partial charge in [0.05, 0.1) is 5.56 Å². The van der Waals surface area contributed by atoms with Crippen LogP contribution >= 0.6 is 24.8 Å². The Kier molecular flexibility index (Phi) is 7.25. The smallest absolute Gasteiger partial charge is 0.255 e. The van der Waals surface area contributed by atoms with Gasteiger partial charge in [0.15, 0.2) is 5.65 Å². The number of hydrogen-bond donors (Lipinski definition) is 2. The van der Waals surface area contributed by atoms with Crippen LogP contribution in [0, 0.1) is 12.8 Å². The first kappa shape index (κ1) is 19.7. The largest absolute Gasteiger partial charge is 0.338 e. The summed E-state index contributed by atoms with van der Waals surface area (Å²) in [6, 6.07) is 1.89. The van der Waals surface area contributed by atoms with Gasteiger partial charge in [0.2, 0.25) is 0 Å². The Labute approximate surface area is 148 Å². The predicted octanol–water partition coefficient (Wildman–Crippen LogP) is 2.18. The highest BCUT2D eigenvalue weighted by atomic mass is 35.5. The lowest BCUT2D eigenvalue weighted by atomic mass is 9.97. The van der Waals surface area contributed by atoms with Crippen molar-refractivity contribution in [2.24, 2.45) is 5.92 Å². The molecule has 1 aliphatic heterocycles. The number of piperidine rings is 1. The molecular weight excluding hydrogens is 337 g/mol. The van der Waals surface area contributed by atoms with Crippen molar-refractivity contribution in [3.8, 4) is 0 Å². The van der Waals surface area contributed by atoms with E-state index in [2.05, 4.69) is 20.5 Å². The summed E-state index contributed by atoms with van der Waals surface area (Å²) in [5.41, 5.74) is 2.26. The van der Waals surface area contributed by atoms with Gasteiger partial charge in [-0.15, -0.1) is 24.8 Å². The molecule has 1 fully saturated rings. The highest BCUT2D eigenvalue weighted by molar-refractivity contribution is 5.97. The molecule has 1 unspecified atom stereocenters. The molecule has 1 amide bonds. The number of nitrogens with one attached hydrogen (secondary N) is 2. The Morgan fingerprint density at radius 2 is 2.26 bits per heavy atom. The third kappa shape index (κ3) is 4.13. The second-order valence-electron chi connectivity index (χ2n) is 5.76. The molecule has 0 radical (unpaired) electrons. The number of nitrogens with zero attached hydrogens (tertiary/aromatic N) is 3. The molecule has 0 bridgehead atoms. The Morgan fingerprint density at radius 1 is 1.48 bits per heavy atom. The lowest BCUT2D eigenvalue weighted by molar-refractivity contribution is 0.0674. The first-order valence-electron chi connectivity index (χ1n) is 7.43. The molecule has 0 saturated carbocycles. The summed E-state index contributed by atoms with van der Waals surface area (Å²) in [5, 5.41) is 11.1. The Hall–Kier alpha value is -1.37. The highest BCUT2D eigenvalue weighted by Crippen LogP contribution is 2.20. The minimum absolute atomic E-state index is 0. The van der Waals surface area contributed by atoms with E-state index in [-0.39, 0.29) is 30.7 Å². The number of aromatic nitrogens is 3. The molecule has 0 spiro atoms. The monoisotopic (exact) mass is 359 g/mol. The van der Waals surface area contributed by atoms with Crippen molar-refractivity contribution >= 4 is 41.8 Å². The van der Waals surface area contributed by atoms with Gasteiger partial charge >= 0.3 is 0 Å². The van der Waals surface area contributed by atoms with Gasteiger partial charge in [0.1, 0.15) is 0 Å². The van der Waals surface area contributed by atoms with Gasteiger partial charge < -0.3 is 10.2 Å². The second-order valence-corrected chi connectivity index (χ2v) is 5.76. The molecule has 1 saturated heterocycles. The van der Waals surface area contributed by atoms with Gasteiger partial charge in [0, 0.05) is 30.4 Å². The number of aromatic amines is 1. The van der Waals surface area contributed by atoms with Gasteiger partial charge in [-0.25, -0.2) is 4.98 Å². The maximum atomic E-state index is 12.7. The number of amides is 1. The summed E-state index contributed by atoms with van der Waals surface area (Å²) < 4.78 is 0. The average molecular weight is 360 g/mol. The van der Waals surface area contributed by atoms with Gasteiger partial charge in [-0.1, -0.05) is 0 Å². The molecule has 3 rings (SSSR count). The van der Waals surface area contributed by atoms with Crippen LogP contribution in [0.5, 0.6) is 0 Å². The fourth-order valence-electron chi connectivity index (χ4n) is 3.02. The molecule has 1 atom stereocenters. The van der Waals surface area contributed by atoms with Crippen LogP contribution < -0.4 is 5.32 Å². The van der Waals surface area contributed by atoms with Crippen molar-refractivity contribution in [1.29, 1.82) is 0 Å². The number of rotatable bonds is 3. The van der Waals surface area contributed by atoms with Gasteiger partial charge in [-0.2, -0.15) is 5.10 Å². The predicted molar refractivity (Wildman–Crippen MR) is 95.7 cm³/mol. The number of fused-ring (bicyclic) bond motifs is 1. The maximum Gasteiger partial charge on any atom is 0.255 e. The number of carbonyl (C=O) groups is 1. The van der Waals surface area contributed by atoms with Crippen molar-refractivity contribution in [1.82, 2.24) is 25.4 Å². The lowest BCUT2D eigenvalue weighted by Gasteiger charge is -2.32. The number of halogens is 2. The number of likely N-dealkylation sites (tertiary alicyclic amines) is 1. The summed E-state index contributed by atoms with van der Waals surface area (Å²) in [6.45, 7) is 4.56. The van der Waals surface area contributed by atoms with E-state index in [1.54, 1.807) is 6.20 Å². The van der Waals surface area contributed by atoms with Crippen molar-refractivity contribution in [2.45, 2.75) is 19.8 Å². The van der Waals surface area contributed by atoms with E-state index in [1.165, 1.54) is 6.42 Å². The van der Waals surface area contributed by atoms with Crippen LogP contribution in [0.3, 0.4) is 0 Å². The summed E-state index contributed by atoms with van der Waals surface area (Å²) in [7, 11) is 1.96. The molecule has 0 aromatic carbocycles. The Balaban J connectivity index is 0.00000132. The van der Waals surface area contributed by atoms with Crippen LogP contribution in [0.2, 0.25) is 0 Å². The zero-order valence-corrected chi connectivity index (χ0v) is 15.0. The fraction of sp³-hybridized carbons (Fsp3) is 0.533. The zero-order valence-electron chi connectivity index (χ0n) is 13.3. The Morgan fingerprint density at radius 3 is 3.00 bits per heavy atom. The third-order valence-corrected chi connectivity index (χ3v) is 4.15. The Bertz CT molecular complexity index is 658. The molecule has 6 nitrogen and oxygen atoms in total. The summed E-state index contributed by atoms with van der Waals surface area (Å²) in [4.78, 5) is 18.9. The molecule has 8 heteroatoms. The van der Waals surface area contributed by atoms with E-state index in [4.69, 9.17) is 0 Å². The summed E-state index contributed by atoms with van der Waals surface area (Å²) >= 11 is 0. The quantitative estimate of drug-likeness (QED) is 0.880. The number of hydrogen-bond acceptors (Lipinski definition) is 4. The molecule has 2 aromatic rings. The standard InChI is InChI=1S/C15H21N5O.2ClH/c1-10-13-6-12(8-17-14(13)19-18-10)15(21)20-5-3-4-11(9-20)7-16-2;;/h6,8,11,16H,3-5,7,9H2,1-2H3,(H,17,18,19);2*1H. The minimum atomic E-state index is 0. The van der Waals surface area contributed by atoms with Crippen molar-refractivity contribution in [3.05, 3.63) is 23.5 Å². The first-order chi connectivity index (χ1) is 10.2. The van der Waals surface area contributed by atoms with Gasteiger partial charge in [-0.05, 0) is 45.3 Å². The van der Waals surface area contributed by atoms with Crippen LogP contribution in [0.4, 0.5) is 0 Å². The first-order valence-corrected chi connectivity index (χ1v) is 7.43. The molecule has 1 aliphatic rings. The van der Waals surface area contributed by atoms with Crippen molar-refractivity contribution in [3.63, 3.8) is 0 Å². The van der Waals surface area contributed by atoms with Crippen LogP contribution in [-0.2, 0) is 0 Å². The summed E-state index contributed by atoms with van der Waals surface area (Å²) in [5.74, 6) is 0.617.